The van der Waals surface area contributed by atoms with Crippen LogP contribution in [0.2, 0.25) is 0 Å². The SMILES string of the molecule is O=C(OCC1OC(Oc2cc(O)c3c(=O)c(O)c(-c4cc(O)c(O)c(O)c4)oc3c2)C(O)C(O)C1O)c1cc(O)c(O)c(O)c1. The second-order valence-corrected chi connectivity index (χ2v) is 9.88. The van der Waals surface area contributed by atoms with E-state index in [1.54, 1.807) is 0 Å². The number of aliphatic hydroxyl groups is 3. The highest BCUT2D eigenvalue weighted by atomic mass is 16.7. The molecule has 0 saturated carbocycles. The number of rotatable bonds is 6. The van der Waals surface area contributed by atoms with Gasteiger partial charge in [0.25, 0.3) is 0 Å². The van der Waals surface area contributed by atoms with Crippen LogP contribution in [0.15, 0.2) is 45.6 Å². The Morgan fingerprint density at radius 1 is 0.711 bits per heavy atom. The smallest absolute Gasteiger partial charge is 0.338 e. The zero-order chi connectivity index (χ0) is 32.9. The van der Waals surface area contributed by atoms with Crippen molar-refractivity contribution >= 4 is 16.9 Å². The van der Waals surface area contributed by atoms with Gasteiger partial charge in [0, 0.05) is 17.7 Å². The van der Waals surface area contributed by atoms with Gasteiger partial charge in [0.15, 0.2) is 40.3 Å². The summed E-state index contributed by atoms with van der Waals surface area (Å²) in [6.07, 6.45) is -8.97. The maximum Gasteiger partial charge on any atom is 0.338 e. The molecule has 5 unspecified atom stereocenters. The molecule has 0 radical (unpaired) electrons. The van der Waals surface area contributed by atoms with Crippen LogP contribution in [0.25, 0.3) is 22.3 Å². The number of aromatic hydroxyl groups is 8. The first kappa shape index (κ1) is 30.8. The lowest BCUT2D eigenvalue weighted by atomic mass is 9.99. The summed E-state index contributed by atoms with van der Waals surface area (Å²) in [6, 6.07) is 5.23. The lowest BCUT2D eigenvalue weighted by molar-refractivity contribution is -0.277. The van der Waals surface area contributed by atoms with Crippen LogP contribution in [0, 0.1) is 0 Å². The van der Waals surface area contributed by atoms with Crippen LogP contribution in [0.3, 0.4) is 0 Å². The van der Waals surface area contributed by atoms with Gasteiger partial charge in [-0.2, -0.15) is 0 Å². The number of fused-ring (bicyclic) bond motifs is 1. The van der Waals surface area contributed by atoms with Gasteiger partial charge in [0.1, 0.15) is 53.5 Å². The lowest BCUT2D eigenvalue weighted by Gasteiger charge is -2.39. The molecule has 5 atom stereocenters. The molecular weight excluding hydrogens is 608 g/mol. The van der Waals surface area contributed by atoms with Crippen molar-refractivity contribution < 1.29 is 79.6 Å². The summed E-state index contributed by atoms with van der Waals surface area (Å²) in [7, 11) is 0. The molecule has 2 heterocycles. The molecule has 0 spiro atoms. The quantitative estimate of drug-likeness (QED) is 0.0995. The van der Waals surface area contributed by atoms with Gasteiger partial charge in [0.05, 0.1) is 5.56 Å². The molecule has 1 fully saturated rings. The Bertz CT molecular complexity index is 1820. The number of phenols is 7. The molecule has 1 aliphatic rings. The Balaban J connectivity index is 1.41. The fourth-order valence-corrected chi connectivity index (χ4v) is 4.51. The Kier molecular flexibility index (Phi) is 7.86. The van der Waals surface area contributed by atoms with E-state index in [0.29, 0.717) is 0 Å². The molecule has 11 N–H and O–H groups in total. The number of carbonyl (C=O) groups excluding carboxylic acids is 1. The Morgan fingerprint density at radius 3 is 1.89 bits per heavy atom. The maximum absolute atomic E-state index is 12.8. The molecular formula is C28H24O17. The van der Waals surface area contributed by atoms with Crippen molar-refractivity contribution in [2.45, 2.75) is 30.7 Å². The van der Waals surface area contributed by atoms with Gasteiger partial charge in [-0.25, -0.2) is 4.79 Å². The number of hydrogen-bond acceptors (Lipinski definition) is 17. The third kappa shape index (κ3) is 5.58. The second kappa shape index (κ2) is 11.5. The minimum Gasteiger partial charge on any atom is -0.507 e. The summed E-state index contributed by atoms with van der Waals surface area (Å²) in [5.74, 6) is -8.86. The van der Waals surface area contributed by atoms with E-state index >= 15 is 0 Å². The molecule has 3 aromatic carbocycles. The van der Waals surface area contributed by atoms with Crippen LogP contribution in [-0.4, -0.2) is 99.5 Å². The van der Waals surface area contributed by atoms with Crippen LogP contribution in [0.1, 0.15) is 10.4 Å². The average Bonchev–Trinajstić information content (AvgIpc) is 2.99. The van der Waals surface area contributed by atoms with E-state index in [4.69, 9.17) is 18.6 Å². The molecule has 1 aliphatic heterocycles. The van der Waals surface area contributed by atoms with E-state index in [9.17, 15) is 65.8 Å². The molecule has 45 heavy (non-hydrogen) atoms. The fraction of sp³-hybridized carbons (Fsp3) is 0.214. The topological polar surface area (TPSA) is 298 Å². The van der Waals surface area contributed by atoms with Crippen LogP contribution in [0.5, 0.6) is 51.7 Å². The number of ether oxygens (including phenoxy) is 3. The van der Waals surface area contributed by atoms with E-state index < -0.39 is 117 Å². The zero-order valence-corrected chi connectivity index (χ0v) is 22.4. The molecule has 238 valence electrons. The van der Waals surface area contributed by atoms with Crippen LogP contribution in [-0.2, 0) is 9.47 Å². The predicted molar refractivity (Wildman–Crippen MR) is 145 cm³/mol. The third-order valence-corrected chi connectivity index (χ3v) is 6.86. The number of aliphatic hydroxyl groups excluding tert-OH is 3. The lowest BCUT2D eigenvalue weighted by Crippen LogP contribution is -2.60. The molecule has 0 aliphatic carbocycles. The Hall–Kier alpha value is -5.62. The van der Waals surface area contributed by atoms with E-state index in [2.05, 4.69) is 0 Å². The summed E-state index contributed by atoms with van der Waals surface area (Å²) >= 11 is 0. The van der Waals surface area contributed by atoms with Crippen LogP contribution >= 0.6 is 0 Å². The normalized spacial score (nSPS) is 21.4. The van der Waals surface area contributed by atoms with Gasteiger partial charge in [-0.1, -0.05) is 0 Å². The predicted octanol–water partition coefficient (Wildman–Crippen LogP) is 0.148. The van der Waals surface area contributed by atoms with Gasteiger partial charge in [-0.3, -0.25) is 4.79 Å². The van der Waals surface area contributed by atoms with Crippen LogP contribution in [0.4, 0.5) is 0 Å². The number of hydrogen-bond donors (Lipinski definition) is 11. The van der Waals surface area contributed by atoms with E-state index in [-0.39, 0.29) is 11.3 Å². The Morgan fingerprint density at radius 2 is 1.29 bits per heavy atom. The Labute approximate surface area is 249 Å². The largest absolute Gasteiger partial charge is 0.507 e. The van der Waals surface area contributed by atoms with E-state index in [0.717, 1.165) is 36.4 Å². The van der Waals surface area contributed by atoms with Gasteiger partial charge >= 0.3 is 5.97 Å². The van der Waals surface area contributed by atoms with Crippen molar-refractivity contribution in [1.29, 1.82) is 0 Å². The first-order valence-corrected chi connectivity index (χ1v) is 12.7. The molecule has 17 nitrogen and oxygen atoms in total. The summed E-state index contributed by atoms with van der Waals surface area (Å²) in [5, 5.41) is 110. The van der Waals surface area contributed by atoms with Crippen LogP contribution < -0.4 is 10.2 Å². The van der Waals surface area contributed by atoms with Gasteiger partial charge < -0.3 is 74.8 Å². The molecule has 1 saturated heterocycles. The minimum absolute atomic E-state index is 0.247. The summed E-state index contributed by atoms with van der Waals surface area (Å²) in [4.78, 5) is 25.2. The summed E-state index contributed by atoms with van der Waals surface area (Å²) in [5.41, 5.74) is -2.18. The maximum atomic E-state index is 12.8. The molecule has 17 heteroatoms. The monoisotopic (exact) mass is 632 g/mol. The van der Waals surface area contributed by atoms with Gasteiger partial charge in [0.2, 0.25) is 17.5 Å². The van der Waals surface area contributed by atoms with Crippen molar-refractivity contribution in [3.63, 3.8) is 0 Å². The van der Waals surface area contributed by atoms with Crippen molar-refractivity contribution in [2.24, 2.45) is 0 Å². The van der Waals surface area contributed by atoms with E-state index in [1.165, 1.54) is 0 Å². The van der Waals surface area contributed by atoms with Gasteiger partial charge in [-0.15, -0.1) is 0 Å². The molecule has 4 aromatic rings. The molecule has 1 aromatic heterocycles. The number of benzene rings is 3. The third-order valence-electron chi connectivity index (χ3n) is 6.86. The second-order valence-electron chi connectivity index (χ2n) is 9.88. The summed E-state index contributed by atoms with van der Waals surface area (Å²) < 4.78 is 21.6. The van der Waals surface area contributed by atoms with Crippen molar-refractivity contribution in [1.82, 2.24) is 0 Å². The van der Waals surface area contributed by atoms with Gasteiger partial charge in [-0.05, 0) is 24.3 Å². The van der Waals surface area contributed by atoms with Crippen molar-refractivity contribution in [2.75, 3.05) is 6.61 Å². The average molecular weight is 632 g/mol. The number of carbonyl (C=O) groups is 1. The highest BCUT2D eigenvalue weighted by Crippen LogP contribution is 2.42. The molecule has 0 amide bonds. The highest BCUT2D eigenvalue weighted by Gasteiger charge is 2.45. The highest BCUT2D eigenvalue weighted by molar-refractivity contribution is 5.91. The first-order chi connectivity index (χ1) is 21.2. The standard InChI is InChI=1S/C28H24O17/c29-11-5-10(6-16-18(11)22(37)24(39)26(44-16)8-1-12(30)19(34)13(31)2-8)43-28-25(40)23(38)21(36)17(45-28)7-42-27(41)9-3-14(32)20(35)15(33)4-9/h1-6,17,21,23,25,28-36,38-40H,7H2. The van der Waals surface area contributed by atoms with E-state index in [1.807, 2.05) is 0 Å². The van der Waals surface area contributed by atoms with Crippen molar-refractivity contribution in [3.8, 4) is 63.1 Å². The zero-order valence-electron chi connectivity index (χ0n) is 22.4. The molecule has 5 rings (SSSR count). The molecule has 0 bridgehead atoms. The minimum atomic E-state index is -1.92. The fourth-order valence-electron chi connectivity index (χ4n) is 4.51. The van der Waals surface area contributed by atoms with Crippen molar-refractivity contribution in [3.05, 3.63) is 52.2 Å². The number of phenolic OH excluding ortho intramolecular Hbond substituents is 7. The number of esters is 1. The summed E-state index contributed by atoms with van der Waals surface area (Å²) in [6.45, 7) is -0.751. The first-order valence-electron chi connectivity index (χ1n) is 12.7.